The number of aliphatic hydroxyl groups excluding tert-OH is 1. The summed E-state index contributed by atoms with van der Waals surface area (Å²) in [5.74, 6) is -3.62. The summed E-state index contributed by atoms with van der Waals surface area (Å²) in [5, 5.41) is 19.6. The van der Waals surface area contributed by atoms with Gasteiger partial charge in [-0.05, 0) is 48.6 Å². The molecule has 18 heteroatoms. The second kappa shape index (κ2) is 17.8. The molecule has 0 aliphatic carbocycles. The Morgan fingerprint density at radius 1 is 1.00 bits per heavy atom. The van der Waals surface area contributed by atoms with Crippen LogP contribution in [0.5, 0.6) is 0 Å². The minimum atomic E-state index is -1.18. The number of H-pyrrole nitrogens is 1. The molecular weight excluding hydrogens is 703 g/mol. The Bertz CT molecular complexity index is 1780. The molecule has 0 unspecified atom stereocenters. The number of likely N-dealkylation sites (tertiary alicyclic amines) is 1. The van der Waals surface area contributed by atoms with Crippen molar-refractivity contribution in [3.63, 3.8) is 0 Å². The Morgan fingerprint density at radius 2 is 1.75 bits per heavy atom. The van der Waals surface area contributed by atoms with E-state index in [2.05, 4.69) is 25.9 Å². The van der Waals surface area contributed by atoms with Gasteiger partial charge in [-0.25, -0.2) is 0 Å². The number of para-hydroxylation sites is 1. The van der Waals surface area contributed by atoms with Crippen LogP contribution in [0.4, 0.5) is 0 Å². The lowest BCUT2D eigenvalue weighted by Crippen LogP contribution is -2.56. The van der Waals surface area contributed by atoms with Crippen molar-refractivity contribution in [1.82, 2.24) is 25.8 Å². The van der Waals surface area contributed by atoms with Crippen LogP contribution in [0.15, 0.2) is 53.7 Å². The third-order valence-electron chi connectivity index (χ3n) is 8.40. The van der Waals surface area contributed by atoms with E-state index in [4.69, 9.17) is 46.1 Å². The highest BCUT2D eigenvalue weighted by Gasteiger charge is 2.41. The van der Waals surface area contributed by atoms with E-state index >= 15 is 0 Å². The number of nitrogens with one attached hydrogen (secondary N) is 4. The highest BCUT2D eigenvalue weighted by Crippen LogP contribution is 2.25. The molecule has 51 heavy (non-hydrogen) atoms. The van der Waals surface area contributed by atoms with Crippen LogP contribution < -0.4 is 38.9 Å². The lowest BCUT2D eigenvalue weighted by atomic mass is 10.0. The number of nitrogens with two attached hydrogens (primary N) is 4. The number of primary amides is 1. The highest BCUT2D eigenvalue weighted by atomic mass is 35.5. The van der Waals surface area contributed by atoms with E-state index in [9.17, 15) is 29.1 Å². The maximum atomic E-state index is 13.6. The number of hydrogen-bond acceptors (Lipinski definition) is 8. The standard InChI is InChI=1S/C33H42Cl2N10O6/c34-21-8-7-17(10-22(21)35)11-23(36)32(51)45-16-19(46)13-27(45)31(50)44-25(6-3-9-40-33(38)39)30(49)42-15-28(47)43-26(29(37)48)12-18-14-41-24-5-2-1-4-20(18)24/h1-2,4-5,7-8,10,14,19,23,25-27,41,46H,3,6,9,11-13,15-16,36H2,(H2,37,48)(H,42,49)(H,43,47)(H,44,50)(H4,38,39,40)/t19-,23+,25+,26+,27+/m1/s1. The molecule has 1 saturated heterocycles. The van der Waals surface area contributed by atoms with E-state index in [1.165, 1.54) is 4.90 Å². The fourth-order valence-electron chi connectivity index (χ4n) is 5.85. The maximum Gasteiger partial charge on any atom is 0.243 e. The molecule has 1 aliphatic heterocycles. The van der Waals surface area contributed by atoms with Gasteiger partial charge in [-0.2, -0.15) is 0 Å². The molecule has 4 rings (SSSR count). The van der Waals surface area contributed by atoms with Crippen LogP contribution in [0.3, 0.4) is 0 Å². The molecule has 3 aromatic rings. The summed E-state index contributed by atoms with van der Waals surface area (Å²) in [6.45, 7) is -0.535. The van der Waals surface area contributed by atoms with Gasteiger partial charge in [0.05, 0.1) is 28.7 Å². The zero-order chi connectivity index (χ0) is 37.2. The number of aromatic nitrogens is 1. The van der Waals surface area contributed by atoms with Crippen molar-refractivity contribution >= 4 is 69.6 Å². The van der Waals surface area contributed by atoms with Crippen molar-refractivity contribution < 1.29 is 29.1 Å². The van der Waals surface area contributed by atoms with Crippen LogP contribution >= 0.6 is 23.2 Å². The fraction of sp³-hybridized carbons (Fsp3) is 0.394. The molecule has 2 aromatic carbocycles. The van der Waals surface area contributed by atoms with Crippen molar-refractivity contribution in [3.8, 4) is 0 Å². The first kappa shape index (κ1) is 38.9. The number of rotatable bonds is 16. The van der Waals surface area contributed by atoms with E-state index in [0.717, 1.165) is 16.5 Å². The molecule has 0 spiro atoms. The van der Waals surface area contributed by atoms with Gasteiger partial charge in [-0.15, -0.1) is 0 Å². The molecule has 0 bridgehead atoms. The average Bonchev–Trinajstić information content (AvgIpc) is 3.69. The normalized spacial score (nSPS) is 17.3. The van der Waals surface area contributed by atoms with Crippen LogP contribution in [-0.2, 0) is 36.8 Å². The number of nitrogens with zero attached hydrogens (tertiary/aromatic N) is 2. The number of guanidine groups is 1. The van der Waals surface area contributed by atoms with Gasteiger partial charge in [0.2, 0.25) is 29.5 Å². The Morgan fingerprint density at radius 3 is 2.45 bits per heavy atom. The van der Waals surface area contributed by atoms with Crippen molar-refractivity contribution in [2.24, 2.45) is 27.9 Å². The van der Waals surface area contributed by atoms with E-state index in [1.807, 2.05) is 24.3 Å². The summed E-state index contributed by atoms with van der Waals surface area (Å²) >= 11 is 12.1. The second-order valence-corrected chi connectivity index (χ2v) is 13.1. The monoisotopic (exact) mass is 744 g/mol. The minimum absolute atomic E-state index is 0.0561. The van der Waals surface area contributed by atoms with Gasteiger partial charge >= 0.3 is 0 Å². The molecule has 1 aliphatic rings. The topological polar surface area (TPSA) is 277 Å². The largest absolute Gasteiger partial charge is 0.391 e. The summed E-state index contributed by atoms with van der Waals surface area (Å²) in [4.78, 5) is 73.5. The van der Waals surface area contributed by atoms with Crippen molar-refractivity contribution in [3.05, 3.63) is 69.8 Å². The van der Waals surface area contributed by atoms with Crippen LogP contribution in [0.1, 0.15) is 30.4 Å². The molecular formula is C33H42Cl2N10O6. The Hall–Kier alpha value is -4.90. The van der Waals surface area contributed by atoms with Gasteiger partial charge in [-0.1, -0.05) is 47.5 Å². The predicted octanol–water partition coefficient (Wildman–Crippen LogP) is -0.826. The number of β-amino-alcohol motifs (C(OH)–C–C–N with tert-alkyl or cyclic N) is 1. The molecule has 5 amide bonds. The average molecular weight is 746 g/mol. The van der Waals surface area contributed by atoms with Crippen LogP contribution in [-0.4, -0.2) is 100 Å². The molecule has 16 nitrogen and oxygen atoms in total. The van der Waals surface area contributed by atoms with Crippen molar-refractivity contribution in [2.45, 2.75) is 62.4 Å². The summed E-state index contributed by atoms with van der Waals surface area (Å²) in [7, 11) is 0. The number of hydrogen-bond donors (Lipinski definition) is 9. The number of halogens is 2. The molecule has 0 radical (unpaired) electrons. The van der Waals surface area contributed by atoms with Crippen LogP contribution in [0, 0.1) is 0 Å². The first-order valence-electron chi connectivity index (χ1n) is 16.2. The van der Waals surface area contributed by atoms with E-state index in [1.54, 1.807) is 24.4 Å². The Labute approximate surface area is 303 Å². The first-order valence-corrected chi connectivity index (χ1v) is 16.9. The molecule has 13 N–H and O–H groups in total. The van der Waals surface area contributed by atoms with Crippen LogP contribution in [0.2, 0.25) is 10.0 Å². The first-order chi connectivity index (χ1) is 24.2. The van der Waals surface area contributed by atoms with Gasteiger partial charge in [0.25, 0.3) is 0 Å². The molecule has 274 valence electrons. The third-order valence-corrected chi connectivity index (χ3v) is 9.14. The van der Waals surface area contributed by atoms with E-state index < -0.39 is 66.4 Å². The lowest BCUT2D eigenvalue weighted by molar-refractivity contribution is -0.140. The molecule has 0 saturated carbocycles. The number of aliphatic hydroxyl groups is 1. The number of aromatic amines is 1. The zero-order valence-corrected chi connectivity index (χ0v) is 29.1. The smallest absolute Gasteiger partial charge is 0.243 e. The van der Waals surface area contributed by atoms with Crippen molar-refractivity contribution in [2.75, 3.05) is 19.6 Å². The Balaban J connectivity index is 1.39. The number of carbonyl (C=O) groups is 5. The van der Waals surface area contributed by atoms with Gasteiger partial charge in [0.15, 0.2) is 5.96 Å². The number of carbonyl (C=O) groups excluding carboxylic acids is 5. The summed E-state index contributed by atoms with van der Waals surface area (Å²) in [6.07, 6.45) is 1.15. The number of amides is 5. The van der Waals surface area contributed by atoms with Crippen molar-refractivity contribution in [1.29, 1.82) is 0 Å². The second-order valence-electron chi connectivity index (χ2n) is 12.3. The predicted molar refractivity (Wildman–Crippen MR) is 192 cm³/mol. The Kier molecular flexibility index (Phi) is 13.6. The number of benzene rings is 2. The number of aliphatic imine (C=N–C) groups is 1. The molecule has 2 heterocycles. The lowest BCUT2D eigenvalue weighted by Gasteiger charge is -2.28. The quantitative estimate of drug-likeness (QED) is 0.0502. The van der Waals surface area contributed by atoms with Crippen LogP contribution in [0.25, 0.3) is 10.9 Å². The minimum Gasteiger partial charge on any atom is -0.391 e. The molecule has 1 fully saturated rings. The highest BCUT2D eigenvalue weighted by molar-refractivity contribution is 6.42. The van der Waals surface area contributed by atoms with Gasteiger partial charge < -0.3 is 53.9 Å². The van der Waals surface area contributed by atoms with Gasteiger partial charge in [-0.3, -0.25) is 29.0 Å². The van der Waals surface area contributed by atoms with E-state index in [-0.39, 0.29) is 51.2 Å². The maximum absolute atomic E-state index is 13.6. The SMILES string of the molecule is NC(=O)[C@H](Cc1c[nH]c2ccccc12)NC(=O)CNC(=O)[C@H](CCCN=C(N)N)NC(=O)[C@@H]1C[C@@H](O)CN1C(=O)[C@@H](N)Cc1ccc(Cl)c(Cl)c1. The van der Waals surface area contributed by atoms with Gasteiger partial charge in [0.1, 0.15) is 18.1 Å². The summed E-state index contributed by atoms with van der Waals surface area (Å²) in [6, 6.07) is 7.84. The van der Waals surface area contributed by atoms with Gasteiger partial charge in [0, 0.05) is 43.0 Å². The fourth-order valence-corrected chi connectivity index (χ4v) is 6.17. The molecule has 1 aromatic heterocycles. The summed E-state index contributed by atoms with van der Waals surface area (Å²) in [5.41, 5.74) is 24.9. The number of fused-ring (bicyclic) bond motifs is 1. The summed E-state index contributed by atoms with van der Waals surface area (Å²) < 4.78 is 0. The zero-order valence-electron chi connectivity index (χ0n) is 27.6. The molecule has 5 atom stereocenters. The van der Waals surface area contributed by atoms with E-state index in [0.29, 0.717) is 15.6 Å². The third kappa shape index (κ3) is 10.8.